The van der Waals surface area contributed by atoms with Crippen LogP contribution in [0.15, 0.2) is 60.7 Å². The van der Waals surface area contributed by atoms with E-state index in [1.165, 1.54) is 11.1 Å². The van der Waals surface area contributed by atoms with Crippen LogP contribution in [0.3, 0.4) is 0 Å². The molecule has 3 nitrogen and oxygen atoms in total. The molecule has 28 heavy (non-hydrogen) atoms. The Morgan fingerprint density at radius 3 is 2.18 bits per heavy atom. The average molecular weight is 416 g/mol. The lowest BCUT2D eigenvalue weighted by Crippen LogP contribution is -2.13. The van der Waals surface area contributed by atoms with Crippen molar-refractivity contribution >= 4 is 23.2 Å². The first kappa shape index (κ1) is 20.5. The smallest absolute Gasteiger partial charge is 0.163 e. The SMILES string of the molecule is COc1cc(CNCc2ccc(C)cc2)c(Cl)cc1OCc1ccc(Cl)cc1. The highest BCUT2D eigenvalue weighted by Crippen LogP contribution is 2.34. The molecule has 0 spiro atoms. The molecule has 0 atom stereocenters. The maximum absolute atomic E-state index is 6.47. The number of halogens is 2. The van der Waals surface area contributed by atoms with Crippen LogP contribution in [0, 0.1) is 6.92 Å². The van der Waals surface area contributed by atoms with Crippen molar-refractivity contribution in [3.05, 3.63) is 93.0 Å². The molecule has 0 aliphatic heterocycles. The molecule has 0 bridgehead atoms. The Labute approximate surface area is 176 Å². The molecule has 0 aliphatic rings. The number of ether oxygens (including phenoxy) is 2. The van der Waals surface area contributed by atoms with Crippen molar-refractivity contribution in [1.29, 1.82) is 0 Å². The maximum Gasteiger partial charge on any atom is 0.163 e. The third kappa shape index (κ3) is 5.65. The van der Waals surface area contributed by atoms with Crippen LogP contribution in [-0.2, 0) is 19.7 Å². The van der Waals surface area contributed by atoms with Gasteiger partial charge in [-0.05, 0) is 41.8 Å². The van der Waals surface area contributed by atoms with Gasteiger partial charge in [0.25, 0.3) is 0 Å². The van der Waals surface area contributed by atoms with Gasteiger partial charge in [0.1, 0.15) is 6.61 Å². The summed E-state index contributed by atoms with van der Waals surface area (Å²) in [6.45, 7) is 3.91. The van der Waals surface area contributed by atoms with Crippen LogP contribution in [-0.4, -0.2) is 7.11 Å². The summed E-state index contributed by atoms with van der Waals surface area (Å²) in [6.07, 6.45) is 0. The lowest BCUT2D eigenvalue weighted by Gasteiger charge is -2.14. The number of methoxy groups -OCH3 is 1. The fourth-order valence-corrected chi connectivity index (χ4v) is 3.12. The van der Waals surface area contributed by atoms with E-state index in [9.17, 15) is 0 Å². The summed E-state index contributed by atoms with van der Waals surface area (Å²) in [4.78, 5) is 0. The second-order valence-electron chi connectivity index (χ2n) is 6.60. The van der Waals surface area contributed by atoms with Gasteiger partial charge in [0.2, 0.25) is 0 Å². The van der Waals surface area contributed by atoms with Gasteiger partial charge in [0.05, 0.1) is 7.11 Å². The van der Waals surface area contributed by atoms with Crippen molar-refractivity contribution in [3.63, 3.8) is 0 Å². The second kappa shape index (κ2) is 9.83. The van der Waals surface area contributed by atoms with E-state index in [0.29, 0.717) is 34.7 Å². The molecule has 0 aromatic heterocycles. The Hall–Kier alpha value is -2.20. The predicted octanol–water partition coefficient (Wildman–Crippen LogP) is 6.18. The first-order valence-electron chi connectivity index (χ1n) is 9.05. The summed E-state index contributed by atoms with van der Waals surface area (Å²) >= 11 is 12.4. The molecule has 1 N–H and O–H groups in total. The zero-order valence-corrected chi connectivity index (χ0v) is 17.5. The maximum atomic E-state index is 6.47. The highest BCUT2D eigenvalue weighted by molar-refractivity contribution is 6.31. The molecule has 0 aliphatic carbocycles. The van der Waals surface area contributed by atoms with Gasteiger partial charge in [-0.2, -0.15) is 0 Å². The third-order valence-corrected chi connectivity index (χ3v) is 5.01. The monoisotopic (exact) mass is 415 g/mol. The van der Waals surface area contributed by atoms with E-state index >= 15 is 0 Å². The lowest BCUT2D eigenvalue weighted by atomic mass is 10.1. The van der Waals surface area contributed by atoms with Gasteiger partial charge in [-0.15, -0.1) is 0 Å². The minimum Gasteiger partial charge on any atom is -0.493 e. The summed E-state index contributed by atoms with van der Waals surface area (Å²) in [5.74, 6) is 1.27. The van der Waals surface area contributed by atoms with Crippen molar-refractivity contribution in [2.24, 2.45) is 0 Å². The summed E-state index contributed by atoms with van der Waals surface area (Å²) in [7, 11) is 1.63. The zero-order chi connectivity index (χ0) is 19.9. The number of benzene rings is 3. The Morgan fingerprint density at radius 2 is 1.50 bits per heavy atom. The van der Waals surface area contributed by atoms with Gasteiger partial charge in [-0.1, -0.05) is 65.2 Å². The van der Waals surface area contributed by atoms with Gasteiger partial charge in [-0.3, -0.25) is 0 Å². The van der Waals surface area contributed by atoms with Gasteiger partial charge in [0.15, 0.2) is 11.5 Å². The average Bonchev–Trinajstić information content (AvgIpc) is 2.70. The molecule has 0 unspecified atom stereocenters. The van der Waals surface area contributed by atoms with Crippen molar-refractivity contribution in [3.8, 4) is 11.5 Å². The second-order valence-corrected chi connectivity index (χ2v) is 7.44. The molecule has 0 saturated heterocycles. The van der Waals surface area contributed by atoms with E-state index in [1.54, 1.807) is 13.2 Å². The summed E-state index contributed by atoms with van der Waals surface area (Å²) in [5, 5.41) is 4.76. The van der Waals surface area contributed by atoms with Crippen molar-refractivity contribution in [1.82, 2.24) is 5.32 Å². The van der Waals surface area contributed by atoms with Crippen LogP contribution in [0.4, 0.5) is 0 Å². The Bertz CT molecular complexity index is 909. The number of nitrogens with one attached hydrogen (secondary N) is 1. The molecular weight excluding hydrogens is 393 g/mol. The number of hydrogen-bond donors (Lipinski definition) is 1. The van der Waals surface area contributed by atoms with Gasteiger partial charge < -0.3 is 14.8 Å². The van der Waals surface area contributed by atoms with E-state index in [1.807, 2.05) is 30.3 Å². The van der Waals surface area contributed by atoms with Crippen LogP contribution < -0.4 is 14.8 Å². The van der Waals surface area contributed by atoms with Gasteiger partial charge in [-0.25, -0.2) is 0 Å². The Balaban J connectivity index is 1.63. The quantitative estimate of drug-likeness (QED) is 0.476. The van der Waals surface area contributed by atoms with E-state index < -0.39 is 0 Å². The summed E-state index contributed by atoms with van der Waals surface area (Å²) in [6, 6.07) is 19.7. The fourth-order valence-electron chi connectivity index (χ4n) is 2.77. The molecule has 5 heteroatoms. The van der Waals surface area contributed by atoms with E-state index in [-0.39, 0.29) is 0 Å². The summed E-state index contributed by atoms with van der Waals surface area (Å²) < 4.78 is 11.4. The van der Waals surface area contributed by atoms with Crippen LogP contribution >= 0.6 is 23.2 Å². The highest BCUT2D eigenvalue weighted by atomic mass is 35.5. The number of rotatable bonds is 8. The van der Waals surface area contributed by atoms with E-state index in [0.717, 1.165) is 17.7 Å². The van der Waals surface area contributed by atoms with Crippen molar-refractivity contribution in [2.45, 2.75) is 26.6 Å². The van der Waals surface area contributed by atoms with Gasteiger partial charge in [0, 0.05) is 29.2 Å². The molecule has 0 amide bonds. The number of hydrogen-bond acceptors (Lipinski definition) is 3. The molecule has 0 heterocycles. The van der Waals surface area contributed by atoms with E-state index in [4.69, 9.17) is 32.7 Å². The molecule has 146 valence electrons. The minimum atomic E-state index is 0.412. The van der Waals surface area contributed by atoms with Crippen LogP contribution in [0.5, 0.6) is 11.5 Å². The van der Waals surface area contributed by atoms with Crippen LogP contribution in [0.2, 0.25) is 10.0 Å². The molecule has 3 aromatic carbocycles. The van der Waals surface area contributed by atoms with Crippen molar-refractivity contribution in [2.75, 3.05) is 7.11 Å². The zero-order valence-electron chi connectivity index (χ0n) is 16.0. The Morgan fingerprint density at radius 1 is 0.821 bits per heavy atom. The number of aryl methyl sites for hydroxylation is 1. The normalized spacial score (nSPS) is 10.7. The van der Waals surface area contributed by atoms with Crippen molar-refractivity contribution < 1.29 is 9.47 Å². The third-order valence-electron chi connectivity index (χ3n) is 4.41. The largest absolute Gasteiger partial charge is 0.493 e. The Kier molecular flexibility index (Phi) is 7.21. The highest BCUT2D eigenvalue weighted by Gasteiger charge is 2.11. The molecule has 3 rings (SSSR count). The fraction of sp³-hybridized carbons (Fsp3) is 0.217. The molecule has 0 fully saturated rings. The first-order chi connectivity index (χ1) is 13.5. The van der Waals surface area contributed by atoms with Crippen LogP contribution in [0.1, 0.15) is 22.3 Å². The predicted molar refractivity (Wildman–Crippen MR) is 116 cm³/mol. The first-order valence-corrected chi connectivity index (χ1v) is 9.80. The van der Waals surface area contributed by atoms with E-state index in [2.05, 4.69) is 36.5 Å². The molecular formula is C23H23Cl2NO2. The standard InChI is InChI=1S/C23H23Cl2NO2/c1-16-3-5-17(6-4-16)13-26-14-19-11-22(27-2)23(12-21(19)25)28-15-18-7-9-20(24)10-8-18/h3-12,26H,13-15H2,1-2H3. The molecule has 0 radical (unpaired) electrons. The topological polar surface area (TPSA) is 30.5 Å². The molecule has 0 saturated carbocycles. The van der Waals surface area contributed by atoms with Gasteiger partial charge >= 0.3 is 0 Å². The minimum absolute atomic E-state index is 0.412. The van der Waals surface area contributed by atoms with Crippen LogP contribution in [0.25, 0.3) is 0 Å². The lowest BCUT2D eigenvalue weighted by molar-refractivity contribution is 0.284. The summed E-state index contributed by atoms with van der Waals surface area (Å²) in [5.41, 5.74) is 4.47. The molecule has 3 aromatic rings.